The molecule has 3 nitrogen and oxygen atoms in total. The van der Waals surface area contributed by atoms with Crippen LogP contribution < -0.4 is 4.74 Å². The molecule has 1 heterocycles. The lowest BCUT2D eigenvalue weighted by atomic mass is 10.1. The number of hydrogen-bond acceptors (Lipinski definition) is 3. The van der Waals surface area contributed by atoms with E-state index in [-0.39, 0.29) is 0 Å². The number of nitrogens with zero attached hydrogens (tertiary/aromatic N) is 1. The highest BCUT2D eigenvalue weighted by Crippen LogP contribution is 2.18. The van der Waals surface area contributed by atoms with Crippen LogP contribution in [0.3, 0.4) is 0 Å². The van der Waals surface area contributed by atoms with Crippen molar-refractivity contribution in [3.05, 3.63) is 42.0 Å². The van der Waals surface area contributed by atoms with Crippen molar-refractivity contribution < 1.29 is 9.53 Å². The molecule has 0 unspecified atom stereocenters. The molecule has 0 saturated heterocycles. The van der Waals surface area contributed by atoms with Gasteiger partial charge in [-0.1, -0.05) is 18.2 Å². The lowest BCUT2D eigenvalue weighted by molar-refractivity contribution is -0.107. The number of rotatable bonds is 4. The molecular weight excluding hydrogens is 214 g/mol. The van der Waals surface area contributed by atoms with Gasteiger partial charge in [-0.05, 0) is 23.8 Å². The second-order valence-electron chi connectivity index (χ2n) is 3.61. The van der Waals surface area contributed by atoms with Gasteiger partial charge in [0, 0.05) is 17.9 Å². The molecule has 0 bridgehead atoms. The minimum atomic E-state index is 0.443. The Morgan fingerprint density at radius 1 is 1.29 bits per heavy atom. The standard InChI is InChI=1S/C14H13NO2/c1-17-14-8-6-12-10-11(4-2-3-9-16)5-7-13(12)15-14/h2,4-10H,3H2,1H3. The van der Waals surface area contributed by atoms with E-state index in [0.717, 1.165) is 22.8 Å². The van der Waals surface area contributed by atoms with Crippen molar-refractivity contribution >= 4 is 23.3 Å². The van der Waals surface area contributed by atoms with Crippen molar-refractivity contribution in [1.29, 1.82) is 0 Å². The van der Waals surface area contributed by atoms with E-state index in [9.17, 15) is 4.79 Å². The van der Waals surface area contributed by atoms with Gasteiger partial charge in [-0.3, -0.25) is 0 Å². The van der Waals surface area contributed by atoms with E-state index in [1.54, 1.807) is 7.11 Å². The fourth-order valence-corrected chi connectivity index (χ4v) is 1.60. The predicted octanol–water partition coefficient (Wildman–Crippen LogP) is 2.85. The van der Waals surface area contributed by atoms with E-state index in [1.807, 2.05) is 42.5 Å². The van der Waals surface area contributed by atoms with Gasteiger partial charge in [-0.15, -0.1) is 0 Å². The lowest BCUT2D eigenvalue weighted by Gasteiger charge is -2.02. The smallest absolute Gasteiger partial charge is 0.213 e. The van der Waals surface area contributed by atoms with Gasteiger partial charge in [0.1, 0.15) is 6.29 Å². The summed E-state index contributed by atoms with van der Waals surface area (Å²) in [5.74, 6) is 0.613. The lowest BCUT2D eigenvalue weighted by Crippen LogP contribution is -1.87. The Hall–Kier alpha value is -2.16. The molecule has 0 spiro atoms. The number of hydrogen-bond donors (Lipinski definition) is 0. The molecule has 1 aromatic heterocycles. The molecule has 0 aliphatic carbocycles. The van der Waals surface area contributed by atoms with Crippen LogP contribution >= 0.6 is 0 Å². The van der Waals surface area contributed by atoms with Crippen molar-refractivity contribution in [1.82, 2.24) is 4.98 Å². The maximum atomic E-state index is 10.2. The van der Waals surface area contributed by atoms with Gasteiger partial charge in [0.05, 0.1) is 12.6 Å². The topological polar surface area (TPSA) is 39.2 Å². The summed E-state index contributed by atoms with van der Waals surface area (Å²) in [5, 5.41) is 1.05. The number of ether oxygens (including phenoxy) is 1. The van der Waals surface area contributed by atoms with E-state index in [4.69, 9.17) is 4.74 Å². The highest BCUT2D eigenvalue weighted by molar-refractivity contribution is 5.81. The van der Waals surface area contributed by atoms with Crippen LogP contribution in [0.25, 0.3) is 17.0 Å². The minimum Gasteiger partial charge on any atom is -0.481 e. The van der Waals surface area contributed by atoms with Crippen LogP contribution in [0.2, 0.25) is 0 Å². The van der Waals surface area contributed by atoms with E-state index in [0.29, 0.717) is 12.3 Å². The Morgan fingerprint density at radius 2 is 2.18 bits per heavy atom. The summed E-state index contributed by atoms with van der Waals surface area (Å²) in [7, 11) is 1.60. The van der Waals surface area contributed by atoms with Gasteiger partial charge < -0.3 is 9.53 Å². The first-order chi connectivity index (χ1) is 8.33. The Bertz CT molecular complexity index is 561. The summed E-state index contributed by atoms with van der Waals surface area (Å²) < 4.78 is 5.07. The number of pyridine rings is 1. The summed E-state index contributed by atoms with van der Waals surface area (Å²) in [6, 6.07) is 9.75. The van der Waals surface area contributed by atoms with Gasteiger partial charge in [0.2, 0.25) is 5.88 Å². The van der Waals surface area contributed by atoms with Crippen LogP contribution in [0.5, 0.6) is 5.88 Å². The molecule has 0 radical (unpaired) electrons. The van der Waals surface area contributed by atoms with E-state index >= 15 is 0 Å². The molecular formula is C14H13NO2. The fourth-order valence-electron chi connectivity index (χ4n) is 1.60. The zero-order valence-corrected chi connectivity index (χ0v) is 9.59. The zero-order chi connectivity index (χ0) is 12.1. The summed E-state index contributed by atoms with van der Waals surface area (Å²) in [6.07, 6.45) is 5.09. The molecule has 17 heavy (non-hydrogen) atoms. The summed E-state index contributed by atoms with van der Waals surface area (Å²) in [6.45, 7) is 0. The first-order valence-electron chi connectivity index (χ1n) is 5.38. The molecule has 1 aromatic carbocycles. The van der Waals surface area contributed by atoms with Gasteiger partial charge >= 0.3 is 0 Å². The summed E-state index contributed by atoms with van der Waals surface area (Å²) >= 11 is 0. The maximum Gasteiger partial charge on any atom is 0.213 e. The minimum absolute atomic E-state index is 0.443. The van der Waals surface area contributed by atoms with Crippen LogP contribution in [0, 0.1) is 0 Å². The van der Waals surface area contributed by atoms with Gasteiger partial charge in [-0.25, -0.2) is 4.98 Å². The normalized spacial score (nSPS) is 10.9. The quantitative estimate of drug-likeness (QED) is 0.754. The SMILES string of the molecule is COc1ccc2cc(C=CCC=O)ccc2n1. The van der Waals surface area contributed by atoms with Gasteiger partial charge in [0.15, 0.2) is 0 Å². The van der Waals surface area contributed by atoms with Crippen molar-refractivity contribution in [2.24, 2.45) is 0 Å². The zero-order valence-electron chi connectivity index (χ0n) is 9.59. The molecule has 0 atom stereocenters. The molecule has 0 fully saturated rings. The average Bonchev–Trinajstić information content (AvgIpc) is 2.38. The van der Waals surface area contributed by atoms with Crippen molar-refractivity contribution in [2.75, 3.05) is 7.11 Å². The molecule has 0 saturated carbocycles. The molecule has 86 valence electrons. The van der Waals surface area contributed by atoms with E-state index < -0.39 is 0 Å². The largest absolute Gasteiger partial charge is 0.481 e. The highest BCUT2D eigenvalue weighted by Gasteiger charge is 1.98. The number of fused-ring (bicyclic) bond motifs is 1. The Balaban J connectivity index is 2.34. The van der Waals surface area contributed by atoms with Crippen LogP contribution in [0.15, 0.2) is 36.4 Å². The van der Waals surface area contributed by atoms with Crippen molar-refractivity contribution in [3.8, 4) is 5.88 Å². The molecule has 2 aromatic rings. The number of carbonyl (C=O) groups is 1. The third-order valence-corrected chi connectivity index (χ3v) is 2.44. The van der Waals surface area contributed by atoms with Crippen molar-refractivity contribution in [2.45, 2.75) is 6.42 Å². The number of aldehydes is 1. The van der Waals surface area contributed by atoms with Crippen LogP contribution in [-0.4, -0.2) is 18.4 Å². The van der Waals surface area contributed by atoms with Crippen LogP contribution in [0.4, 0.5) is 0 Å². The van der Waals surface area contributed by atoms with Crippen molar-refractivity contribution in [3.63, 3.8) is 0 Å². The molecule has 0 aliphatic rings. The molecule has 0 N–H and O–H groups in total. The maximum absolute atomic E-state index is 10.2. The van der Waals surface area contributed by atoms with Gasteiger partial charge in [0.25, 0.3) is 0 Å². The molecule has 2 rings (SSSR count). The third-order valence-electron chi connectivity index (χ3n) is 2.44. The van der Waals surface area contributed by atoms with Crippen LogP contribution in [-0.2, 0) is 4.79 Å². The first-order valence-corrected chi connectivity index (χ1v) is 5.38. The second-order valence-corrected chi connectivity index (χ2v) is 3.61. The predicted molar refractivity (Wildman–Crippen MR) is 68.0 cm³/mol. The summed E-state index contributed by atoms with van der Waals surface area (Å²) in [4.78, 5) is 14.5. The number of carbonyl (C=O) groups excluding carboxylic acids is 1. The molecule has 0 amide bonds. The monoisotopic (exact) mass is 227 g/mol. The van der Waals surface area contributed by atoms with Crippen LogP contribution in [0.1, 0.15) is 12.0 Å². The van der Waals surface area contributed by atoms with E-state index in [1.165, 1.54) is 0 Å². The number of allylic oxidation sites excluding steroid dienone is 1. The Morgan fingerprint density at radius 3 is 2.94 bits per heavy atom. The fraction of sp³-hybridized carbons (Fsp3) is 0.143. The number of benzene rings is 1. The first kappa shape index (κ1) is 11.3. The van der Waals surface area contributed by atoms with E-state index in [2.05, 4.69) is 4.98 Å². The Labute approximate surface area is 99.7 Å². The Kier molecular flexibility index (Phi) is 3.50. The molecule has 3 heteroatoms. The average molecular weight is 227 g/mol. The van der Waals surface area contributed by atoms with Gasteiger partial charge in [-0.2, -0.15) is 0 Å². The number of aromatic nitrogens is 1. The highest BCUT2D eigenvalue weighted by atomic mass is 16.5. The number of methoxy groups -OCH3 is 1. The summed E-state index contributed by atoms with van der Waals surface area (Å²) in [5.41, 5.74) is 1.96. The second kappa shape index (κ2) is 5.25. The molecule has 0 aliphatic heterocycles. The third kappa shape index (κ3) is 2.69.